The summed E-state index contributed by atoms with van der Waals surface area (Å²) in [6.07, 6.45) is 4.69. The number of hydroxylamine groups is 1. The molecular weight excluding hydrogens is 200 g/mol. The van der Waals surface area contributed by atoms with Crippen LogP contribution in [0.3, 0.4) is 0 Å². The summed E-state index contributed by atoms with van der Waals surface area (Å²) in [4.78, 5) is 9.87. The largest absolute Gasteiger partial charge is 0.271 e. The molecule has 0 fully saturated rings. The molecule has 1 aromatic rings. The molecule has 3 nitrogen and oxygen atoms in total. The van der Waals surface area contributed by atoms with Crippen molar-refractivity contribution in [3.63, 3.8) is 0 Å². The molecule has 1 aliphatic heterocycles. The number of amidine groups is 1. The van der Waals surface area contributed by atoms with Crippen molar-refractivity contribution < 1.29 is 4.84 Å². The molecule has 2 rings (SSSR count). The van der Waals surface area contributed by atoms with E-state index < -0.39 is 0 Å². The van der Waals surface area contributed by atoms with Crippen LogP contribution in [0.15, 0.2) is 35.3 Å². The summed E-state index contributed by atoms with van der Waals surface area (Å²) in [5.41, 5.74) is 4.13. The first-order valence-electron chi connectivity index (χ1n) is 5.90. The lowest BCUT2D eigenvalue weighted by Crippen LogP contribution is -2.23. The maximum Gasteiger partial charge on any atom is 0.120 e. The molecule has 1 aromatic carbocycles. The Balaban J connectivity index is 1.73. The average molecular weight is 218 g/mol. The fourth-order valence-electron chi connectivity index (χ4n) is 1.73. The van der Waals surface area contributed by atoms with Crippen molar-refractivity contribution in [1.29, 1.82) is 0 Å². The zero-order chi connectivity index (χ0) is 11.1. The Labute approximate surface area is 96.5 Å². The van der Waals surface area contributed by atoms with E-state index in [4.69, 9.17) is 4.84 Å². The molecule has 1 heterocycles. The zero-order valence-corrected chi connectivity index (χ0v) is 9.48. The fraction of sp³-hybridized carbons (Fsp3) is 0.462. The highest BCUT2D eigenvalue weighted by molar-refractivity contribution is 5.81. The van der Waals surface area contributed by atoms with Gasteiger partial charge in [-0.1, -0.05) is 36.8 Å². The highest BCUT2D eigenvalue weighted by Crippen LogP contribution is 2.06. The minimum absolute atomic E-state index is 0.583. The van der Waals surface area contributed by atoms with E-state index in [1.165, 1.54) is 24.8 Å². The van der Waals surface area contributed by atoms with Gasteiger partial charge in [-0.3, -0.25) is 15.3 Å². The molecule has 3 heteroatoms. The highest BCUT2D eigenvalue weighted by Gasteiger charge is 2.03. The molecule has 0 amide bonds. The highest BCUT2D eigenvalue weighted by atomic mass is 16.6. The molecule has 86 valence electrons. The van der Waals surface area contributed by atoms with E-state index in [1.54, 1.807) is 0 Å². The number of nitrogens with one attached hydrogen (secondary N) is 1. The van der Waals surface area contributed by atoms with E-state index in [1.807, 2.05) is 18.2 Å². The Bertz CT molecular complexity index is 335. The molecule has 0 aromatic heterocycles. The van der Waals surface area contributed by atoms with E-state index >= 15 is 0 Å². The predicted molar refractivity (Wildman–Crippen MR) is 65.1 cm³/mol. The summed E-state index contributed by atoms with van der Waals surface area (Å²) >= 11 is 0. The zero-order valence-electron chi connectivity index (χ0n) is 9.48. The molecule has 0 unspecified atom stereocenters. The molecule has 0 saturated heterocycles. The minimum Gasteiger partial charge on any atom is -0.271 e. The van der Waals surface area contributed by atoms with Gasteiger partial charge in [0.25, 0.3) is 0 Å². The fourth-order valence-corrected chi connectivity index (χ4v) is 1.73. The van der Waals surface area contributed by atoms with Crippen LogP contribution in [0.25, 0.3) is 0 Å². The lowest BCUT2D eigenvalue weighted by Gasteiger charge is -2.08. The topological polar surface area (TPSA) is 33.6 Å². The van der Waals surface area contributed by atoms with Gasteiger partial charge in [0.1, 0.15) is 5.84 Å². The number of benzene rings is 1. The SMILES string of the molecule is c1ccc(CONC2=NCCCCC2)cc1. The second-order valence-corrected chi connectivity index (χ2v) is 4.02. The average Bonchev–Trinajstić information content (AvgIpc) is 2.59. The smallest absolute Gasteiger partial charge is 0.120 e. The van der Waals surface area contributed by atoms with Crippen LogP contribution >= 0.6 is 0 Å². The molecule has 0 radical (unpaired) electrons. The first kappa shape index (κ1) is 11.1. The van der Waals surface area contributed by atoms with Crippen LogP contribution < -0.4 is 5.48 Å². The molecule has 0 aliphatic carbocycles. The van der Waals surface area contributed by atoms with E-state index in [0.717, 1.165) is 18.8 Å². The quantitative estimate of drug-likeness (QED) is 0.791. The molecular formula is C13H18N2O. The molecule has 0 bridgehead atoms. The molecule has 0 saturated carbocycles. The van der Waals surface area contributed by atoms with Crippen molar-refractivity contribution >= 4 is 5.84 Å². The normalized spacial score (nSPS) is 16.4. The maximum absolute atomic E-state index is 5.43. The van der Waals surface area contributed by atoms with Crippen molar-refractivity contribution in [2.24, 2.45) is 4.99 Å². The number of nitrogens with zero attached hydrogens (tertiary/aromatic N) is 1. The first-order chi connectivity index (χ1) is 7.95. The van der Waals surface area contributed by atoms with Gasteiger partial charge in [-0.15, -0.1) is 0 Å². The van der Waals surface area contributed by atoms with Gasteiger partial charge in [0.15, 0.2) is 0 Å². The monoisotopic (exact) mass is 218 g/mol. The molecule has 1 aliphatic rings. The van der Waals surface area contributed by atoms with Crippen molar-refractivity contribution in [1.82, 2.24) is 5.48 Å². The number of aliphatic imine (C=N–C) groups is 1. The van der Waals surface area contributed by atoms with Gasteiger partial charge in [-0.05, 0) is 18.4 Å². The van der Waals surface area contributed by atoms with Crippen LogP contribution in [0.4, 0.5) is 0 Å². The molecule has 1 N–H and O–H groups in total. The van der Waals surface area contributed by atoms with Crippen LogP contribution in [0.5, 0.6) is 0 Å². The van der Waals surface area contributed by atoms with Crippen LogP contribution in [0, 0.1) is 0 Å². The Morgan fingerprint density at radius 1 is 1.12 bits per heavy atom. The van der Waals surface area contributed by atoms with Gasteiger partial charge in [-0.25, -0.2) is 0 Å². The predicted octanol–water partition coefficient (Wildman–Crippen LogP) is 2.68. The maximum atomic E-state index is 5.43. The lowest BCUT2D eigenvalue weighted by atomic mass is 10.2. The van der Waals surface area contributed by atoms with E-state index in [-0.39, 0.29) is 0 Å². The van der Waals surface area contributed by atoms with Crippen LogP contribution in [-0.4, -0.2) is 12.4 Å². The van der Waals surface area contributed by atoms with Crippen molar-refractivity contribution in [2.45, 2.75) is 32.3 Å². The van der Waals surface area contributed by atoms with Crippen molar-refractivity contribution in [3.05, 3.63) is 35.9 Å². The third kappa shape index (κ3) is 3.66. The Morgan fingerprint density at radius 3 is 2.88 bits per heavy atom. The van der Waals surface area contributed by atoms with Gasteiger partial charge in [-0.2, -0.15) is 0 Å². The summed E-state index contributed by atoms with van der Waals surface area (Å²) in [7, 11) is 0. The summed E-state index contributed by atoms with van der Waals surface area (Å²) in [5, 5.41) is 0. The molecule has 0 spiro atoms. The molecule has 0 atom stereocenters. The van der Waals surface area contributed by atoms with Gasteiger partial charge in [0.2, 0.25) is 0 Å². The van der Waals surface area contributed by atoms with Crippen LogP contribution in [0.2, 0.25) is 0 Å². The van der Waals surface area contributed by atoms with Crippen LogP contribution in [-0.2, 0) is 11.4 Å². The summed E-state index contributed by atoms with van der Waals surface area (Å²) in [6, 6.07) is 10.1. The van der Waals surface area contributed by atoms with E-state index in [2.05, 4.69) is 22.6 Å². The summed E-state index contributed by atoms with van der Waals surface area (Å²) in [5.74, 6) is 0.994. The second-order valence-electron chi connectivity index (χ2n) is 4.02. The van der Waals surface area contributed by atoms with Gasteiger partial charge in [0.05, 0.1) is 6.61 Å². The summed E-state index contributed by atoms with van der Waals surface area (Å²) < 4.78 is 0. The van der Waals surface area contributed by atoms with Gasteiger partial charge >= 0.3 is 0 Å². The third-order valence-electron chi connectivity index (χ3n) is 2.65. The lowest BCUT2D eigenvalue weighted by molar-refractivity contribution is 0.0696. The number of hydrogen-bond acceptors (Lipinski definition) is 3. The Morgan fingerprint density at radius 2 is 2.00 bits per heavy atom. The standard InChI is InChI=1S/C13H18N2O/c1-3-7-12(8-4-1)11-16-15-13-9-5-2-6-10-14-13/h1,3-4,7-8H,2,5-6,9-11H2,(H,14,15). The van der Waals surface area contributed by atoms with Gasteiger partial charge < -0.3 is 0 Å². The minimum atomic E-state index is 0.583. The third-order valence-corrected chi connectivity index (χ3v) is 2.65. The van der Waals surface area contributed by atoms with E-state index in [0.29, 0.717) is 6.61 Å². The van der Waals surface area contributed by atoms with Crippen molar-refractivity contribution in [2.75, 3.05) is 6.54 Å². The number of hydrogen-bond donors (Lipinski definition) is 1. The van der Waals surface area contributed by atoms with Gasteiger partial charge in [0, 0.05) is 13.0 Å². The first-order valence-corrected chi connectivity index (χ1v) is 5.90. The second kappa shape index (κ2) is 6.28. The Hall–Kier alpha value is -1.35. The van der Waals surface area contributed by atoms with Crippen LogP contribution in [0.1, 0.15) is 31.2 Å². The summed E-state index contributed by atoms with van der Waals surface area (Å²) in [6.45, 7) is 1.51. The Kier molecular flexibility index (Phi) is 4.37. The molecule has 16 heavy (non-hydrogen) atoms. The van der Waals surface area contributed by atoms with Crippen molar-refractivity contribution in [3.8, 4) is 0 Å². The van der Waals surface area contributed by atoms with E-state index in [9.17, 15) is 0 Å². The number of rotatable bonds is 3.